The third-order valence-corrected chi connectivity index (χ3v) is 11.3. The van der Waals surface area contributed by atoms with Gasteiger partial charge in [-0.15, -0.1) is 0 Å². The Morgan fingerprint density at radius 2 is 0.701 bits per heavy atom. The van der Waals surface area contributed by atoms with Gasteiger partial charge in [-0.25, -0.2) is 4.79 Å². The number of unbranched alkanes of at least 4 members (excludes halogenated alkanes) is 1. The predicted octanol–water partition coefficient (Wildman–Crippen LogP) is -6.39. The monoisotopic (exact) mass is 1100 g/mol. The fourth-order valence-corrected chi connectivity index (χ4v) is 7.41. The van der Waals surface area contributed by atoms with Crippen molar-refractivity contribution in [2.75, 3.05) is 32.7 Å². The van der Waals surface area contributed by atoms with Crippen molar-refractivity contribution in [3.05, 3.63) is 0 Å². The molecule has 0 fully saturated rings. The number of carbonyl (C=O) groups is 8. The van der Waals surface area contributed by atoms with Gasteiger partial charge in [0.2, 0.25) is 41.4 Å². The maximum absolute atomic E-state index is 14.3. The largest absolute Gasteiger partial charge is 0.480 e. The summed E-state index contributed by atoms with van der Waals surface area (Å²) < 4.78 is 0. The number of carboxylic acids is 1. The summed E-state index contributed by atoms with van der Waals surface area (Å²) in [5.41, 5.74) is 55.4. The highest BCUT2D eigenvalue weighted by Gasteiger charge is 2.36. The van der Waals surface area contributed by atoms with E-state index in [1.54, 1.807) is 27.7 Å². The Balaban J connectivity index is 6.87. The van der Waals surface area contributed by atoms with Crippen LogP contribution in [0.25, 0.3) is 0 Å². The Morgan fingerprint density at radius 3 is 1.04 bits per heavy atom. The number of aliphatic hydroxyl groups excluding tert-OH is 1. The molecule has 31 heteroatoms. The first kappa shape index (κ1) is 69.7. The van der Waals surface area contributed by atoms with E-state index in [2.05, 4.69) is 57.2 Å². The first-order valence-corrected chi connectivity index (χ1v) is 25.8. The zero-order chi connectivity index (χ0) is 58.8. The van der Waals surface area contributed by atoms with Gasteiger partial charge in [-0.2, -0.15) is 0 Å². The van der Waals surface area contributed by atoms with E-state index in [9.17, 15) is 48.6 Å². The molecular weight excluding hydrogens is 1010 g/mol. The van der Waals surface area contributed by atoms with Gasteiger partial charge in [0.15, 0.2) is 23.8 Å². The summed E-state index contributed by atoms with van der Waals surface area (Å²) in [6, 6.07) is -10.8. The minimum absolute atomic E-state index is 0.0245. The fraction of sp³-hybridized carbons (Fsp3) is 0.739. The Bertz CT molecular complexity index is 1990. The fourth-order valence-electron chi connectivity index (χ4n) is 7.41. The van der Waals surface area contributed by atoms with Crippen LogP contribution in [-0.2, 0) is 38.4 Å². The normalized spacial score (nSPS) is 14.5. The number of aliphatic carboxylic acids is 1. The van der Waals surface area contributed by atoms with Crippen molar-refractivity contribution >= 4 is 71.2 Å². The molecular formula is C46H91N21O10. The predicted molar refractivity (Wildman–Crippen MR) is 292 cm³/mol. The van der Waals surface area contributed by atoms with Crippen LogP contribution >= 0.6 is 0 Å². The van der Waals surface area contributed by atoms with Crippen molar-refractivity contribution in [1.82, 2.24) is 37.2 Å². The van der Waals surface area contributed by atoms with E-state index < -0.39 is 102 Å². The topological polar surface area (TPSA) is 571 Å². The van der Waals surface area contributed by atoms with E-state index in [1.165, 1.54) is 6.92 Å². The molecule has 31 nitrogen and oxygen atoms in total. The van der Waals surface area contributed by atoms with E-state index >= 15 is 0 Å². The van der Waals surface area contributed by atoms with E-state index in [1.807, 2.05) is 0 Å². The highest BCUT2D eigenvalue weighted by Crippen LogP contribution is 2.12. The van der Waals surface area contributed by atoms with E-state index in [0.717, 1.165) is 0 Å². The van der Waals surface area contributed by atoms with Crippen LogP contribution < -0.4 is 94.6 Å². The molecule has 0 heterocycles. The van der Waals surface area contributed by atoms with Gasteiger partial charge in [0.25, 0.3) is 0 Å². The number of hydrogen-bond donors (Lipinski definition) is 19. The SMILES string of the molecule is CC(C)C[C@H](NC(=O)[C@H](CCCN=C(N)N)NC(=O)[C@H](CCCN=C(N)N)NC(=O)[C@H](CC(C)C)NC(=O)[C@@H](NC(=O)[C@H](CCCN=C(N)N)NC(=O)[C@H](CCCCN)NC(=O)[C@@H](N)CCCN=C(N)N)[C@@H](C)O)C(=O)O. The number of nitrogens with two attached hydrogens (primary N) is 10. The minimum atomic E-state index is -1.73. The number of nitrogens with one attached hydrogen (secondary N) is 7. The Kier molecular flexibility index (Phi) is 34.7. The molecule has 0 spiro atoms. The van der Waals surface area contributed by atoms with E-state index in [0.29, 0.717) is 25.8 Å². The average molecular weight is 1100 g/mol. The number of amides is 7. The molecule has 9 atom stereocenters. The van der Waals surface area contributed by atoms with Crippen LogP contribution in [0.15, 0.2) is 20.0 Å². The number of hydrogen-bond acceptors (Lipinski definition) is 15. The zero-order valence-electron chi connectivity index (χ0n) is 45.3. The molecule has 440 valence electrons. The molecule has 0 radical (unpaired) electrons. The van der Waals surface area contributed by atoms with Gasteiger partial charge >= 0.3 is 5.97 Å². The minimum Gasteiger partial charge on any atom is -0.480 e. The second kappa shape index (κ2) is 38.3. The lowest BCUT2D eigenvalue weighted by Gasteiger charge is -2.29. The lowest BCUT2D eigenvalue weighted by Crippen LogP contribution is -2.62. The summed E-state index contributed by atoms with van der Waals surface area (Å²) >= 11 is 0. The van der Waals surface area contributed by atoms with Gasteiger partial charge in [-0.05, 0) is 109 Å². The molecule has 0 bridgehead atoms. The van der Waals surface area contributed by atoms with Gasteiger partial charge in [0.1, 0.15) is 42.3 Å². The Labute approximate surface area is 450 Å². The molecule has 0 aromatic rings. The van der Waals surface area contributed by atoms with Crippen molar-refractivity contribution in [3.8, 4) is 0 Å². The maximum Gasteiger partial charge on any atom is 0.326 e. The molecule has 29 N–H and O–H groups in total. The van der Waals surface area contributed by atoms with Crippen LogP contribution in [0.2, 0.25) is 0 Å². The number of carbonyl (C=O) groups excluding carboxylic acids is 7. The highest BCUT2D eigenvalue weighted by molar-refractivity contribution is 5.98. The van der Waals surface area contributed by atoms with Crippen molar-refractivity contribution in [2.24, 2.45) is 89.1 Å². The summed E-state index contributed by atoms with van der Waals surface area (Å²) in [6.45, 7) is 8.88. The van der Waals surface area contributed by atoms with Crippen LogP contribution in [0.3, 0.4) is 0 Å². The average Bonchev–Trinajstić information content (AvgIpc) is 3.32. The molecule has 0 rings (SSSR count). The zero-order valence-corrected chi connectivity index (χ0v) is 45.3. The van der Waals surface area contributed by atoms with Crippen molar-refractivity contribution in [1.29, 1.82) is 0 Å². The van der Waals surface area contributed by atoms with Crippen LogP contribution in [0.5, 0.6) is 0 Å². The molecule has 0 aromatic heterocycles. The molecule has 0 saturated carbocycles. The van der Waals surface area contributed by atoms with Gasteiger partial charge in [-0.3, -0.25) is 53.5 Å². The Morgan fingerprint density at radius 1 is 0.403 bits per heavy atom. The number of rotatable bonds is 40. The number of carboxylic acid groups (broad SMARTS) is 1. The van der Waals surface area contributed by atoms with Gasteiger partial charge in [0.05, 0.1) is 12.1 Å². The van der Waals surface area contributed by atoms with Gasteiger partial charge < -0.3 is 105 Å². The standard InChI is InChI=1S/C46H91N21O10/c1-24(2)22-32(40(74)64-29(14-9-19-58-44(51)52)37(71)62-30(15-10-20-59-45(53)54)38(72)66-33(42(76)77)23-25(3)4)65-41(75)34(26(5)68)67-39(73)31(16-11-21-60-46(55)56)63-36(70)28(13-6-7-17-47)61-35(69)27(48)12-8-18-57-43(49)50/h24-34,68H,6-23,47-48H2,1-5H3,(H,61,69)(H,62,71)(H,63,70)(H,64,74)(H,65,75)(H,66,72)(H,67,73)(H,76,77)(H4,49,50,57)(H4,51,52,58)(H4,53,54,59)(H4,55,56,60)/t26-,27+,28+,29+,30+,31+,32+,33+,34+/m1/s1. The number of guanidine groups is 4. The summed E-state index contributed by atoms with van der Waals surface area (Å²) in [6.07, 6.45) is 0.186. The number of aliphatic imine (C=N–C) groups is 4. The quantitative estimate of drug-likeness (QED) is 0.0154. The molecule has 0 aromatic carbocycles. The highest BCUT2D eigenvalue weighted by atomic mass is 16.4. The smallest absolute Gasteiger partial charge is 0.326 e. The van der Waals surface area contributed by atoms with Crippen LogP contribution in [0.4, 0.5) is 0 Å². The summed E-state index contributed by atoms with van der Waals surface area (Å²) in [5.74, 6) is -8.44. The maximum atomic E-state index is 14.3. The van der Waals surface area contributed by atoms with Gasteiger partial charge in [0, 0.05) is 26.2 Å². The lowest BCUT2D eigenvalue weighted by atomic mass is 10.0. The Hall–Kier alpha value is -7.28. The summed E-state index contributed by atoms with van der Waals surface area (Å²) in [4.78, 5) is 125. The van der Waals surface area contributed by atoms with Crippen molar-refractivity contribution in [2.45, 2.75) is 173 Å². The molecule has 0 saturated heterocycles. The van der Waals surface area contributed by atoms with Crippen LogP contribution in [0.1, 0.15) is 118 Å². The summed E-state index contributed by atoms with van der Waals surface area (Å²) in [7, 11) is 0. The third kappa shape index (κ3) is 32.0. The van der Waals surface area contributed by atoms with Gasteiger partial charge in [-0.1, -0.05) is 27.7 Å². The molecule has 0 unspecified atom stereocenters. The summed E-state index contributed by atoms with van der Waals surface area (Å²) in [5, 5.41) is 38.8. The molecule has 0 aliphatic rings. The lowest BCUT2D eigenvalue weighted by molar-refractivity contribution is -0.143. The second-order valence-electron chi connectivity index (χ2n) is 19.4. The molecule has 0 aliphatic carbocycles. The van der Waals surface area contributed by atoms with Crippen LogP contribution in [0, 0.1) is 11.8 Å². The third-order valence-electron chi connectivity index (χ3n) is 11.3. The first-order valence-electron chi connectivity index (χ1n) is 25.8. The first-order chi connectivity index (χ1) is 36.1. The molecule has 0 aliphatic heterocycles. The number of aliphatic hydroxyl groups is 1. The van der Waals surface area contributed by atoms with Crippen molar-refractivity contribution < 1.29 is 48.6 Å². The second-order valence-corrected chi connectivity index (χ2v) is 19.4. The number of nitrogens with zero attached hydrogens (tertiary/aromatic N) is 4. The molecule has 7 amide bonds. The van der Waals surface area contributed by atoms with E-state index in [4.69, 9.17) is 57.3 Å². The molecule has 77 heavy (non-hydrogen) atoms. The van der Waals surface area contributed by atoms with E-state index in [-0.39, 0.29) is 126 Å². The van der Waals surface area contributed by atoms with Crippen molar-refractivity contribution in [3.63, 3.8) is 0 Å². The van der Waals surface area contributed by atoms with Crippen LogP contribution in [-0.4, -0.2) is 169 Å².